The van der Waals surface area contributed by atoms with Crippen LogP contribution in [0.4, 0.5) is 0 Å². The third-order valence-corrected chi connectivity index (χ3v) is 6.50. The van der Waals surface area contributed by atoms with E-state index >= 15 is 0 Å². The van der Waals surface area contributed by atoms with Crippen molar-refractivity contribution < 1.29 is 22.4 Å². The van der Waals surface area contributed by atoms with Crippen molar-refractivity contribution >= 4 is 27.0 Å². The molecule has 0 bridgehead atoms. The van der Waals surface area contributed by atoms with Crippen molar-refractivity contribution in [3.8, 4) is 5.75 Å². The molecule has 0 saturated heterocycles. The summed E-state index contributed by atoms with van der Waals surface area (Å²) in [6.07, 6.45) is 0.0907. The Morgan fingerprint density at radius 2 is 1.67 bits per heavy atom. The Hall–Kier alpha value is -3.75. The lowest BCUT2D eigenvalue weighted by Gasteiger charge is -2.18. The van der Waals surface area contributed by atoms with Crippen molar-refractivity contribution in [2.24, 2.45) is 0 Å². The summed E-state index contributed by atoms with van der Waals surface area (Å²) < 4.78 is 39.0. The lowest BCUT2D eigenvalue weighted by atomic mass is 10.1. The Bertz CT molecular complexity index is 1440. The molecule has 1 atom stereocenters. The average Bonchev–Trinajstić information content (AvgIpc) is 2.79. The summed E-state index contributed by atoms with van der Waals surface area (Å²) in [5, 5.41) is 0.662. The molecule has 0 aliphatic heterocycles. The molecule has 0 saturated carbocycles. The van der Waals surface area contributed by atoms with Crippen molar-refractivity contribution in [3.63, 3.8) is 0 Å². The summed E-state index contributed by atoms with van der Waals surface area (Å²) in [7, 11) is -3.98. The summed E-state index contributed by atoms with van der Waals surface area (Å²) in [5.41, 5.74) is 1.40. The maximum atomic E-state index is 13.0. The summed E-state index contributed by atoms with van der Waals surface area (Å²) in [4.78, 5) is 24.6. The highest BCUT2D eigenvalue weighted by molar-refractivity contribution is 7.89. The molecule has 0 unspecified atom stereocenters. The largest absolute Gasteiger partial charge is 0.425 e. The normalized spacial score (nSPS) is 12.4. The van der Waals surface area contributed by atoms with Gasteiger partial charge in [0.1, 0.15) is 17.4 Å². The molecule has 0 aliphatic carbocycles. The Morgan fingerprint density at radius 1 is 0.970 bits per heavy atom. The molecular formula is C25H21NO6S. The minimum atomic E-state index is -3.98. The van der Waals surface area contributed by atoms with Crippen molar-refractivity contribution in [1.82, 2.24) is 4.72 Å². The van der Waals surface area contributed by atoms with Crippen LogP contribution < -0.4 is 15.1 Å². The average molecular weight is 464 g/mol. The van der Waals surface area contributed by atoms with Gasteiger partial charge in [-0.15, -0.1) is 0 Å². The van der Waals surface area contributed by atoms with Gasteiger partial charge in [-0.2, -0.15) is 4.72 Å². The van der Waals surface area contributed by atoms with Crippen molar-refractivity contribution in [2.45, 2.75) is 24.3 Å². The number of carbonyl (C=O) groups is 1. The highest BCUT2D eigenvalue weighted by Gasteiger charge is 2.28. The molecule has 0 aliphatic rings. The zero-order valence-electron chi connectivity index (χ0n) is 17.7. The summed E-state index contributed by atoms with van der Waals surface area (Å²) >= 11 is 0. The monoisotopic (exact) mass is 463 g/mol. The number of benzene rings is 3. The van der Waals surface area contributed by atoms with E-state index in [1.54, 1.807) is 54.6 Å². The lowest BCUT2D eigenvalue weighted by Crippen LogP contribution is -2.44. The number of hydrogen-bond acceptors (Lipinski definition) is 6. The Kier molecular flexibility index (Phi) is 6.39. The van der Waals surface area contributed by atoms with Crippen LogP contribution in [-0.4, -0.2) is 20.4 Å². The van der Waals surface area contributed by atoms with E-state index in [0.717, 1.165) is 11.1 Å². The molecule has 168 valence electrons. The number of fused-ring (bicyclic) bond motifs is 1. The fourth-order valence-electron chi connectivity index (χ4n) is 3.29. The van der Waals surface area contributed by atoms with Gasteiger partial charge in [0.15, 0.2) is 0 Å². The van der Waals surface area contributed by atoms with Crippen LogP contribution in [0.25, 0.3) is 11.0 Å². The second kappa shape index (κ2) is 9.40. The first-order valence-electron chi connectivity index (χ1n) is 10.2. The van der Waals surface area contributed by atoms with Crippen LogP contribution in [0.3, 0.4) is 0 Å². The number of esters is 1. The molecule has 0 fully saturated rings. The zero-order chi connectivity index (χ0) is 23.4. The summed E-state index contributed by atoms with van der Waals surface area (Å²) in [6.45, 7) is 1.85. The van der Waals surface area contributed by atoms with Gasteiger partial charge in [0.2, 0.25) is 10.0 Å². The first kappa shape index (κ1) is 22.4. The maximum absolute atomic E-state index is 13.0. The third-order valence-electron chi connectivity index (χ3n) is 5.01. The van der Waals surface area contributed by atoms with Crippen molar-refractivity contribution in [1.29, 1.82) is 0 Å². The van der Waals surface area contributed by atoms with Gasteiger partial charge >= 0.3 is 11.6 Å². The van der Waals surface area contributed by atoms with Gasteiger partial charge in [-0.05, 0) is 49.2 Å². The van der Waals surface area contributed by atoms with E-state index in [1.807, 2.05) is 13.0 Å². The van der Waals surface area contributed by atoms with Gasteiger partial charge < -0.3 is 9.15 Å². The van der Waals surface area contributed by atoms with Gasteiger partial charge in [0.25, 0.3) is 0 Å². The van der Waals surface area contributed by atoms with E-state index in [1.165, 1.54) is 24.3 Å². The number of carbonyl (C=O) groups excluding carboxylic acids is 1. The van der Waals surface area contributed by atoms with E-state index in [0.29, 0.717) is 5.39 Å². The molecule has 1 heterocycles. The fourth-order valence-corrected chi connectivity index (χ4v) is 4.47. The van der Waals surface area contributed by atoms with E-state index in [9.17, 15) is 18.0 Å². The molecule has 33 heavy (non-hydrogen) atoms. The molecular weight excluding hydrogens is 442 g/mol. The van der Waals surface area contributed by atoms with Crippen LogP contribution in [0.1, 0.15) is 11.1 Å². The van der Waals surface area contributed by atoms with Crippen LogP contribution in [0.15, 0.2) is 99.0 Å². The smallest absolute Gasteiger partial charge is 0.336 e. The predicted molar refractivity (Wildman–Crippen MR) is 124 cm³/mol. The number of ether oxygens (including phenoxy) is 1. The molecule has 8 heteroatoms. The molecule has 7 nitrogen and oxygen atoms in total. The highest BCUT2D eigenvalue weighted by atomic mass is 32.2. The van der Waals surface area contributed by atoms with E-state index in [-0.39, 0.29) is 22.6 Å². The topological polar surface area (TPSA) is 103 Å². The quantitative estimate of drug-likeness (QED) is 0.255. The number of sulfonamides is 1. The van der Waals surface area contributed by atoms with Gasteiger partial charge in [-0.25, -0.2) is 18.0 Å². The minimum Gasteiger partial charge on any atom is -0.425 e. The fraction of sp³-hybridized carbons (Fsp3) is 0.120. The predicted octanol–water partition coefficient (Wildman–Crippen LogP) is 3.60. The van der Waals surface area contributed by atoms with Gasteiger partial charge in [0.05, 0.1) is 4.90 Å². The number of nitrogens with one attached hydrogen (secondary N) is 1. The second-order valence-corrected chi connectivity index (χ2v) is 9.27. The number of aryl methyl sites for hydroxylation is 1. The highest BCUT2D eigenvalue weighted by Crippen LogP contribution is 2.21. The zero-order valence-corrected chi connectivity index (χ0v) is 18.5. The van der Waals surface area contributed by atoms with Crippen LogP contribution in [0.5, 0.6) is 5.75 Å². The molecule has 1 N–H and O–H groups in total. The number of rotatable bonds is 7. The standard InChI is InChI=1S/C25H21NO6S/c1-17-7-12-21(13-8-17)33(29,30)26-22(15-18-5-3-2-4-6-18)25(28)31-20-11-9-19-10-14-24(27)32-23(19)16-20/h2-14,16,22,26H,15H2,1H3/t22-/m0/s1. The molecule has 0 radical (unpaired) electrons. The number of hydrogen-bond donors (Lipinski definition) is 1. The minimum absolute atomic E-state index is 0.0476. The molecule has 4 rings (SSSR count). The summed E-state index contributed by atoms with van der Waals surface area (Å²) in [6, 6.07) is 21.7. The van der Waals surface area contributed by atoms with Crippen LogP contribution in [0.2, 0.25) is 0 Å². The van der Waals surface area contributed by atoms with Gasteiger partial charge in [-0.1, -0.05) is 48.0 Å². The first-order chi connectivity index (χ1) is 15.8. The maximum Gasteiger partial charge on any atom is 0.336 e. The van der Waals surface area contributed by atoms with E-state index < -0.39 is 27.7 Å². The van der Waals surface area contributed by atoms with E-state index in [4.69, 9.17) is 9.15 Å². The van der Waals surface area contributed by atoms with Gasteiger partial charge in [0, 0.05) is 17.5 Å². The van der Waals surface area contributed by atoms with Crippen LogP contribution in [-0.2, 0) is 21.2 Å². The Labute approximate surface area is 190 Å². The summed E-state index contributed by atoms with van der Waals surface area (Å²) in [5.74, 6) is -0.651. The van der Waals surface area contributed by atoms with Gasteiger partial charge in [-0.3, -0.25) is 0 Å². The Morgan fingerprint density at radius 3 is 2.39 bits per heavy atom. The lowest BCUT2D eigenvalue weighted by molar-refractivity contribution is -0.136. The molecule has 3 aromatic carbocycles. The molecule has 1 aromatic heterocycles. The SMILES string of the molecule is Cc1ccc(S(=O)(=O)N[C@@H](Cc2ccccc2)C(=O)Oc2ccc3ccc(=O)oc3c2)cc1. The third kappa shape index (κ3) is 5.54. The molecule has 4 aromatic rings. The van der Waals surface area contributed by atoms with E-state index in [2.05, 4.69) is 4.72 Å². The van der Waals surface area contributed by atoms with Crippen LogP contribution in [0, 0.1) is 6.92 Å². The van der Waals surface area contributed by atoms with Crippen molar-refractivity contribution in [2.75, 3.05) is 0 Å². The Balaban J connectivity index is 1.61. The molecule has 0 amide bonds. The second-order valence-electron chi connectivity index (χ2n) is 7.55. The molecule has 0 spiro atoms. The first-order valence-corrected chi connectivity index (χ1v) is 11.7. The van der Waals surface area contributed by atoms with Crippen LogP contribution >= 0.6 is 0 Å². The van der Waals surface area contributed by atoms with Crippen molar-refractivity contribution in [3.05, 3.63) is 106 Å².